The molecule has 0 radical (unpaired) electrons. The van der Waals surface area contributed by atoms with Gasteiger partial charge in [0.25, 0.3) is 0 Å². The molecule has 0 spiro atoms. The van der Waals surface area contributed by atoms with E-state index in [0.29, 0.717) is 11.2 Å². The van der Waals surface area contributed by atoms with Crippen molar-refractivity contribution in [2.45, 2.75) is 32.1 Å². The third-order valence-electron chi connectivity index (χ3n) is 4.14. The number of phenolic OH excluding ortho intramolecular Hbond substituents is 1. The molecule has 0 unspecified atom stereocenters. The number of aromatic hydroxyl groups is 1. The van der Waals surface area contributed by atoms with Crippen LogP contribution in [-0.4, -0.2) is 31.9 Å². The van der Waals surface area contributed by atoms with Gasteiger partial charge in [0.15, 0.2) is 0 Å². The largest absolute Gasteiger partial charge is 0.508 e. The minimum Gasteiger partial charge on any atom is -0.508 e. The van der Waals surface area contributed by atoms with E-state index in [-0.39, 0.29) is 0 Å². The van der Waals surface area contributed by atoms with Crippen molar-refractivity contribution < 1.29 is 9.84 Å². The van der Waals surface area contributed by atoms with Gasteiger partial charge < -0.3 is 15.2 Å². The molecule has 0 aliphatic heterocycles. The Morgan fingerprint density at radius 2 is 2.11 bits per heavy atom. The molecule has 1 aliphatic carbocycles. The molecular weight excluding hydrogens is 238 g/mol. The standard InChI is InChI=1S/C16H25NO2/c1-19-10-9-17-13-16(7-2-3-8-16)12-14-5-4-6-15(18)11-14/h4-6,11,17-18H,2-3,7-10,12-13H2,1H3. The van der Waals surface area contributed by atoms with Crippen LogP contribution in [-0.2, 0) is 11.2 Å². The van der Waals surface area contributed by atoms with Crippen LogP contribution in [0.4, 0.5) is 0 Å². The summed E-state index contributed by atoms with van der Waals surface area (Å²) >= 11 is 0. The summed E-state index contributed by atoms with van der Waals surface area (Å²) in [6.07, 6.45) is 6.27. The fraction of sp³-hybridized carbons (Fsp3) is 0.625. The molecule has 1 aromatic carbocycles. The monoisotopic (exact) mass is 263 g/mol. The van der Waals surface area contributed by atoms with Gasteiger partial charge in [-0.15, -0.1) is 0 Å². The summed E-state index contributed by atoms with van der Waals surface area (Å²) in [7, 11) is 1.74. The zero-order valence-corrected chi connectivity index (χ0v) is 11.8. The summed E-state index contributed by atoms with van der Waals surface area (Å²) in [5.41, 5.74) is 1.61. The molecule has 1 aliphatic rings. The van der Waals surface area contributed by atoms with Crippen molar-refractivity contribution in [3.8, 4) is 5.75 Å². The molecule has 0 atom stereocenters. The highest BCUT2D eigenvalue weighted by molar-refractivity contribution is 5.28. The van der Waals surface area contributed by atoms with Gasteiger partial charge in [0.1, 0.15) is 5.75 Å². The van der Waals surface area contributed by atoms with E-state index in [2.05, 4.69) is 11.4 Å². The van der Waals surface area contributed by atoms with Crippen molar-refractivity contribution in [1.82, 2.24) is 5.32 Å². The molecule has 0 aromatic heterocycles. The van der Waals surface area contributed by atoms with Crippen molar-refractivity contribution in [3.05, 3.63) is 29.8 Å². The first kappa shape index (κ1) is 14.4. The molecule has 19 heavy (non-hydrogen) atoms. The van der Waals surface area contributed by atoms with Gasteiger partial charge in [0.05, 0.1) is 6.61 Å². The van der Waals surface area contributed by atoms with E-state index in [0.717, 1.165) is 26.1 Å². The molecule has 0 saturated heterocycles. The summed E-state index contributed by atoms with van der Waals surface area (Å²) in [5, 5.41) is 13.1. The second-order valence-electron chi connectivity index (χ2n) is 5.72. The first-order chi connectivity index (χ1) is 9.24. The van der Waals surface area contributed by atoms with Crippen LogP contribution in [0.25, 0.3) is 0 Å². The fourth-order valence-corrected chi connectivity index (χ4v) is 3.17. The second kappa shape index (κ2) is 6.92. The van der Waals surface area contributed by atoms with Crippen molar-refractivity contribution in [2.75, 3.05) is 26.8 Å². The van der Waals surface area contributed by atoms with Gasteiger partial charge in [0, 0.05) is 20.2 Å². The molecule has 0 amide bonds. The molecule has 2 rings (SSSR count). The van der Waals surface area contributed by atoms with Crippen molar-refractivity contribution in [2.24, 2.45) is 5.41 Å². The Kier molecular flexibility index (Phi) is 5.23. The molecule has 2 N–H and O–H groups in total. The predicted octanol–water partition coefficient (Wildman–Crippen LogP) is 2.73. The zero-order valence-electron chi connectivity index (χ0n) is 11.8. The second-order valence-corrected chi connectivity index (χ2v) is 5.72. The molecule has 3 nitrogen and oxygen atoms in total. The Bertz CT molecular complexity index is 386. The van der Waals surface area contributed by atoms with E-state index in [1.165, 1.54) is 31.2 Å². The SMILES string of the molecule is COCCNCC1(Cc2cccc(O)c2)CCCC1. The van der Waals surface area contributed by atoms with Crippen LogP contribution >= 0.6 is 0 Å². The maximum absolute atomic E-state index is 9.58. The van der Waals surface area contributed by atoms with Gasteiger partial charge in [-0.2, -0.15) is 0 Å². The third-order valence-corrected chi connectivity index (χ3v) is 4.14. The average molecular weight is 263 g/mol. The normalized spacial score (nSPS) is 17.7. The lowest BCUT2D eigenvalue weighted by molar-refractivity contribution is 0.189. The molecule has 1 fully saturated rings. The van der Waals surface area contributed by atoms with Crippen LogP contribution in [0.1, 0.15) is 31.2 Å². The molecule has 0 heterocycles. The van der Waals surface area contributed by atoms with E-state index in [4.69, 9.17) is 4.74 Å². The summed E-state index contributed by atoms with van der Waals surface area (Å²) in [4.78, 5) is 0. The Balaban J connectivity index is 1.95. The average Bonchev–Trinajstić information content (AvgIpc) is 2.84. The number of hydrogen-bond acceptors (Lipinski definition) is 3. The molecule has 106 valence electrons. The smallest absolute Gasteiger partial charge is 0.115 e. The number of benzene rings is 1. The van der Waals surface area contributed by atoms with Crippen molar-refractivity contribution >= 4 is 0 Å². The summed E-state index contributed by atoms with van der Waals surface area (Å²) in [6, 6.07) is 7.69. The minimum absolute atomic E-state index is 0.363. The molecule has 3 heteroatoms. The van der Waals surface area contributed by atoms with Crippen LogP contribution in [0.3, 0.4) is 0 Å². The molecule has 1 aromatic rings. The van der Waals surface area contributed by atoms with E-state index < -0.39 is 0 Å². The van der Waals surface area contributed by atoms with Gasteiger partial charge in [0.2, 0.25) is 0 Å². The lowest BCUT2D eigenvalue weighted by Crippen LogP contribution is -2.35. The maximum atomic E-state index is 9.58. The maximum Gasteiger partial charge on any atom is 0.115 e. The Morgan fingerprint density at radius 3 is 2.79 bits per heavy atom. The molecule has 1 saturated carbocycles. The van der Waals surface area contributed by atoms with E-state index in [1.807, 2.05) is 12.1 Å². The first-order valence-electron chi connectivity index (χ1n) is 7.22. The number of hydrogen-bond donors (Lipinski definition) is 2. The Labute approximate surface area is 116 Å². The Morgan fingerprint density at radius 1 is 1.32 bits per heavy atom. The number of nitrogens with one attached hydrogen (secondary N) is 1. The number of rotatable bonds is 7. The number of ether oxygens (including phenoxy) is 1. The third kappa shape index (κ3) is 4.22. The number of phenols is 1. The van der Waals surface area contributed by atoms with Crippen LogP contribution < -0.4 is 5.32 Å². The zero-order chi connectivity index (χ0) is 13.6. The number of methoxy groups -OCH3 is 1. The van der Waals surface area contributed by atoms with Gasteiger partial charge in [-0.05, 0) is 42.4 Å². The summed E-state index contributed by atoms with van der Waals surface area (Å²) in [5.74, 6) is 0.373. The predicted molar refractivity (Wildman–Crippen MR) is 77.5 cm³/mol. The van der Waals surface area contributed by atoms with E-state index >= 15 is 0 Å². The van der Waals surface area contributed by atoms with Crippen molar-refractivity contribution in [3.63, 3.8) is 0 Å². The summed E-state index contributed by atoms with van der Waals surface area (Å²) in [6.45, 7) is 2.73. The lowest BCUT2D eigenvalue weighted by Gasteiger charge is -2.29. The summed E-state index contributed by atoms with van der Waals surface area (Å²) < 4.78 is 5.08. The van der Waals surface area contributed by atoms with Gasteiger partial charge in [-0.1, -0.05) is 25.0 Å². The molecular formula is C16H25NO2. The topological polar surface area (TPSA) is 41.5 Å². The van der Waals surface area contributed by atoms with Gasteiger partial charge in [-0.3, -0.25) is 0 Å². The van der Waals surface area contributed by atoms with E-state index in [1.54, 1.807) is 13.2 Å². The van der Waals surface area contributed by atoms with Gasteiger partial charge in [-0.25, -0.2) is 0 Å². The minimum atomic E-state index is 0.363. The van der Waals surface area contributed by atoms with Crippen LogP contribution in [0.15, 0.2) is 24.3 Å². The molecule has 0 bridgehead atoms. The highest BCUT2D eigenvalue weighted by atomic mass is 16.5. The quantitative estimate of drug-likeness (QED) is 0.743. The van der Waals surface area contributed by atoms with E-state index in [9.17, 15) is 5.11 Å². The fourth-order valence-electron chi connectivity index (χ4n) is 3.17. The lowest BCUT2D eigenvalue weighted by atomic mass is 9.80. The van der Waals surface area contributed by atoms with Crippen LogP contribution in [0.2, 0.25) is 0 Å². The van der Waals surface area contributed by atoms with Crippen LogP contribution in [0.5, 0.6) is 5.75 Å². The van der Waals surface area contributed by atoms with Crippen molar-refractivity contribution in [1.29, 1.82) is 0 Å². The first-order valence-corrected chi connectivity index (χ1v) is 7.22. The highest BCUT2D eigenvalue weighted by Crippen LogP contribution is 2.40. The van der Waals surface area contributed by atoms with Crippen LogP contribution in [0, 0.1) is 5.41 Å². The highest BCUT2D eigenvalue weighted by Gasteiger charge is 2.33. The Hall–Kier alpha value is -1.06. The van der Waals surface area contributed by atoms with Gasteiger partial charge >= 0.3 is 0 Å².